The number of rotatable bonds is 3. The Morgan fingerprint density at radius 2 is 2.06 bits per heavy atom. The third-order valence-electron chi connectivity index (χ3n) is 2.41. The molecule has 2 aromatic rings. The van der Waals surface area contributed by atoms with Crippen LogP contribution < -0.4 is 5.73 Å². The lowest BCUT2D eigenvalue weighted by Gasteiger charge is -2.05. The molecule has 0 radical (unpaired) electrons. The van der Waals surface area contributed by atoms with Crippen LogP contribution in [-0.2, 0) is 5.75 Å². The van der Waals surface area contributed by atoms with Gasteiger partial charge in [0.25, 0.3) is 0 Å². The Labute approximate surface area is 119 Å². The molecule has 0 unspecified atom stereocenters. The summed E-state index contributed by atoms with van der Waals surface area (Å²) in [5.41, 5.74) is 8.29. The zero-order valence-electron chi connectivity index (χ0n) is 9.56. The predicted octanol–water partition coefficient (Wildman–Crippen LogP) is 4.20. The Balaban J connectivity index is 2.09. The van der Waals surface area contributed by atoms with Gasteiger partial charge < -0.3 is 5.73 Å². The molecule has 2 N–H and O–H groups in total. The average molecular weight is 319 g/mol. The first kappa shape index (κ1) is 13.0. The number of nitrogens with zero attached hydrogens (tertiary/aromatic N) is 1. The first-order chi connectivity index (χ1) is 8.69. The van der Waals surface area contributed by atoms with Crippen molar-refractivity contribution >= 4 is 33.4 Å². The van der Waals surface area contributed by atoms with Gasteiger partial charge in [0.2, 0.25) is 0 Å². The van der Waals surface area contributed by atoms with E-state index in [1.54, 1.807) is 11.8 Å². The van der Waals surface area contributed by atoms with Crippen LogP contribution in [0.25, 0.3) is 0 Å². The van der Waals surface area contributed by atoms with Crippen LogP contribution in [0.2, 0.25) is 0 Å². The molecule has 0 saturated carbocycles. The minimum atomic E-state index is 0.699. The van der Waals surface area contributed by atoms with E-state index in [1.807, 2.05) is 42.5 Å². The number of benzene rings is 2. The number of nitrogens with two attached hydrogens (primary N) is 1. The zero-order valence-corrected chi connectivity index (χ0v) is 12.0. The number of anilines is 1. The topological polar surface area (TPSA) is 49.8 Å². The van der Waals surface area contributed by atoms with Gasteiger partial charge in [0.15, 0.2) is 0 Å². The minimum Gasteiger partial charge on any atom is -0.399 e. The standard InChI is InChI=1S/C14H11BrN2S/c15-13-7-12(17)4-5-14(13)18-9-11-3-1-2-10(6-11)8-16/h1-7H,9,17H2. The fourth-order valence-electron chi connectivity index (χ4n) is 1.53. The molecule has 0 spiro atoms. The maximum atomic E-state index is 8.84. The van der Waals surface area contributed by atoms with E-state index < -0.39 is 0 Å². The molecule has 0 aliphatic rings. The van der Waals surface area contributed by atoms with Gasteiger partial charge in [-0.05, 0) is 51.8 Å². The smallest absolute Gasteiger partial charge is 0.0991 e. The highest BCUT2D eigenvalue weighted by molar-refractivity contribution is 9.10. The zero-order chi connectivity index (χ0) is 13.0. The summed E-state index contributed by atoms with van der Waals surface area (Å²) in [6.07, 6.45) is 0. The van der Waals surface area contributed by atoms with Crippen molar-refractivity contribution < 1.29 is 0 Å². The van der Waals surface area contributed by atoms with E-state index in [4.69, 9.17) is 11.0 Å². The second kappa shape index (κ2) is 5.94. The van der Waals surface area contributed by atoms with Crippen LogP contribution in [0, 0.1) is 11.3 Å². The number of thioether (sulfide) groups is 1. The van der Waals surface area contributed by atoms with Gasteiger partial charge in [-0.1, -0.05) is 12.1 Å². The second-order valence-corrected chi connectivity index (χ2v) is 5.66. The summed E-state index contributed by atoms with van der Waals surface area (Å²) in [7, 11) is 0. The van der Waals surface area contributed by atoms with Gasteiger partial charge in [0, 0.05) is 20.8 Å². The van der Waals surface area contributed by atoms with Crippen LogP contribution >= 0.6 is 27.7 Å². The molecule has 0 bridgehead atoms. The molecule has 4 heteroatoms. The predicted molar refractivity (Wildman–Crippen MR) is 79.3 cm³/mol. The first-order valence-corrected chi connectivity index (χ1v) is 7.14. The molecule has 2 rings (SSSR count). The summed E-state index contributed by atoms with van der Waals surface area (Å²) >= 11 is 5.21. The second-order valence-electron chi connectivity index (χ2n) is 3.79. The fraction of sp³-hybridized carbons (Fsp3) is 0.0714. The van der Waals surface area contributed by atoms with E-state index in [0.29, 0.717) is 5.56 Å². The molecule has 18 heavy (non-hydrogen) atoms. The lowest BCUT2D eigenvalue weighted by atomic mass is 10.2. The number of nitriles is 1. The van der Waals surface area contributed by atoms with Crippen molar-refractivity contribution in [1.82, 2.24) is 0 Å². The van der Waals surface area contributed by atoms with Crippen molar-refractivity contribution in [2.75, 3.05) is 5.73 Å². The Kier molecular flexibility index (Phi) is 4.29. The van der Waals surface area contributed by atoms with Gasteiger partial charge in [-0.2, -0.15) is 5.26 Å². The average Bonchev–Trinajstić information content (AvgIpc) is 2.38. The van der Waals surface area contributed by atoms with E-state index in [1.165, 1.54) is 0 Å². The SMILES string of the molecule is N#Cc1cccc(CSc2ccc(N)cc2Br)c1. The van der Waals surface area contributed by atoms with Gasteiger partial charge in [0.05, 0.1) is 11.6 Å². The molecule has 0 atom stereocenters. The Morgan fingerprint density at radius 1 is 1.22 bits per heavy atom. The summed E-state index contributed by atoms with van der Waals surface area (Å²) < 4.78 is 1.00. The van der Waals surface area contributed by atoms with Crippen LogP contribution in [0.4, 0.5) is 5.69 Å². The molecule has 0 amide bonds. The van der Waals surface area contributed by atoms with Gasteiger partial charge >= 0.3 is 0 Å². The third kappa shape index (κ3) is 3.28. The van der Waals surface area contributed by atoms with Gasteiger partial charge in [-0.3, -0.25) is 0 Å². The molecule has 2 aromatic carbocycles. The molecule has 0 aliphatic carbocycles. The van der Waals surface area contributed by atoms with Crippen molar-refractivity contribution in [1.29, 1.82) is 5.26 Å². The van der Waals surface area contributed by atoms with Crippen LogP contribution in [0.1, 0.15) is 11.1 Å². The Hall–Kier alpha value is -1.44. The maximum absolute atomic E-state index is 8.84. The summed E-state index contributed by atoms with van der Waals surface area (Å²) in [6, 6.07) is 15.6. The largest absolute Gasteiger partial charge is 0.399 e. The van der Waals surface area contributed by atoms with Crippen LogP contribution in [0.5, 0.6) is 0 Å². The van der Waals surface area contributed by atoms with Crippen molar-refractivity contribution in [3.8, 4) is 6.07 Å². The van der Waals surface area contributed by atoms with E-state index in [0.717, 1.165) is 26.4 Å². The van der Waals surface area contributed by atoms with Crippen molar-refractivity contribution in [2.45, 2.75) is 10.6 Å². The van der Waals surface area contributed by atoms with Gasteiger partial charge in [-0.15, -0.1) is 11.8 Å². The van der Waals surface area contributed by atoms with Crippen LogP contribution in [-0.4, -0.2) is 0 Å². The van der Waals surface area contributed by atoms with Crippen molar-refractivity contribution in [3.05, 3.63) is 58.1 Å². The number of hydrogen-bond acceptors (Lipinski definition) is 3. The highest BCUT2D eigenvalue weighted by atomic mass is 79.9. The van der Waals surface area contributed by atoms with E-state index in [9.17, 15) is 0 Å². The van der Waals surface area contributed by atoms with Gasteiger partial charge in [0.1, 0.15) is 0 Å². The molecule has 0 saturated heterocycles. The van der Waals surface area contributed by atoms with E-state index >= 15 is 0 Å². The number of hydrogen-bond donors (Lipinski definition) is 1. The van der Waals surface area contributed by atoms with Crippen molar-refractivity contribution in [2.24, 2.45) is 0 Å². The van der Waals surface area contributed by atoms with Crippen LogP contribution in [0.15, 0.2) is 51.8 Å². The first-order valence-electron chi connectivity index (χ1n) is 5.36. The molecule has 0 aromatic heterocycles. The number of nitrogen functional groups attached to an aromatic ring is 1. The Bertz CT molecular complexity index is 605. The highest BCUT2D eigenvalue weighted by Gasteiger charge is 2.02. The molecule has 0 aliphatic heterocycles. The van der Waals surface area contributed by atoms with E-state index in [-0.39, 0.29) is 0 Å². The highest BCUT2D eigenvalue weighted by Crippen LogP contribution is 2.31. The lowest BCUT2D eigenvalue weighted by Crippen LogP contribution is -1.86. The quantitative estimate of drug-likeness (QED) is 0.681. The maximum Gasteiger partial charge on any atom is 0.0991 e. The molecule has 2 nitrogen and oxygen atoms in total. The normalized spacial score (nSPS) is 10.0. The van der Waals surface area contributed by atoms with Crippen LogP contribution in [0.3, 0.4) is 0 Å². The van der Waals surface area contributed by atoms with E-state index in [2.05, 4.69) is 22.0 Å². The minimum absolute atomic E-state index is 0.699. The van der Waals surface area contributed by atoms with Gasteiger partial charge in [-0.25, -0.2) is 0 Å². The monoisotopic (exact) mass is 318 g/mol. The summed E-state index contributed by atoms with van der Waals surface area (Å²) in [5, 5.41) is 8.84. The third-order valence-corrected chi connectivity index (χ3v) is 4.47. The fourth-order valence-corrected chi connectivity index (χ4v) is 3.13. The molecule has 0 fully saturated rings. The lowest BCUT2D eigenvalue weighted by molar-refractivity contribution is 1.35. The summed E-state index contributed by atoms with van der Waals surface area (Å²) in [4.78, 5) is 1.14. The summed E-state index contributed by atoms with van der Waals surface area (Å²) in [6.45, 7) is 0. The molecule has 0 heterocycles. The molecular formula is C14H11BrN2S. The molecule has 90 valence electrons. The number of halogens is 1. The van der Waals surface area contributed by atoms with Crippen molar-refractivity contribution in [3.63, 3.8) is 0 Å². The Morgan fingerprint density at radius 3 is 2.78 bits per heavy atom. The summed E-state index contributed by atoms with van der Waals surface area (Å²) in [5.74, 6) is 0.831. The molecular weight excluding hydrogens is 308 g/mol.